The molecule has 0 aliphatic carbocycles. The minimum atomic E-state index is -0.260. The van der Waals surface area contributed by atoms with Crippen molar-refractivity contribution in [2.75, 3.05) is 33.4 Å². The highest BCUT2D eigenvalue weighted by molar-refractivity contribution is 5.80. The molecule has 7 heteroatoms. The Labute approximate surface area is 180 Å². The third-order valence-corrected chi connectivity index (χ3v) is 5.85. The molecular formula is C24H27FN2O4. The number of piperidine rings is 1. The van der Waals surface area contributed by atoms with Gasteiger partial charge in [0.15, 0.2) is 11.5 Å². The molecule has 3 aromatic rings. The van der Waals surface area contributed by atoms with E-state index in [1.165, 1.54) is 12.1 Å². The van der Waals surface area contributed by atoms with E-state index in [9.17, 15) is 9.18 Å². The largest absolute Gasteiger partial charge is 0.493 e. The van der Waals surface area contributed by atoms with Crippen LogP contribution in [0, 0.1) is 5.82 Å². The van der Waals surface area contributed by atoms with Gasteiger partial charge in [-0.05, 0) is 68.2 Å². The maximum atomic E-state index is 13.6. The summed E-state index contributed by atoms with van der Waals surface area (Å²) in [4.78, 5) is 13.1. The molecule has 0 bridgehead atoms. The van der Waals surface area contributed by atoms with Gasteiger partial charge in [0.1, 0.15) is 23.4 Å². The van der Waals surface area contributed by atoms with E-state index >= 15 is 0 Å². The number of carbonyl (C=O) groups is 1. The second-order valence-electron chi connectivity index (χ2n) is 7.88. The van der Waals surface area contributed by atoms with Gasteiger partial charge in [-0.15, -0.1) is 0 Å². The summed E-state index contributed by atoms with van der Waals surface area (Å²) in [5.41, 5.74) is 1.62. The maximum absolute atomic E-state index is 13.6. The fourth-order valence-electron chi connectivity index (χ4n) is 4.17. The second kappa shape index (κ2) is 9.92. The molecule has 6 nitrogen and oxygen atoms in total. The van der Waals surface area contributed by atoms with Crippen molar-refractivity contribution in [2.24, 2.45) is 0 Å². The second-order valence-corrected chi connectivity index (χ2v) is 7.88. The van der Waals surface area contributed by atoms with Crippen LogP contribution in [0.3, 0.4) is 0 Å². The summed E-state index contributed by atoms with van der Waals surface area (Å²) in [5.74, 6) is 2.16. The molecule has 1 saturated heterocycles. The zero-order chi connectivity index (χ0) is 21.6. The molecule has 2 aromatic carbocycles. The number of aromatic nitrogens is 1. The van der Waals surface area contributed by atoms with Gasteiger partial charge in [-0.2, -0.15) is 0 Å². The lowest BCUT2D eigenvalue weighted by Crippen LogP contribution is -2.34. The van der Waals surface area contributed by atoms with Crippen molar-refractivity contribution in [2.45, 2.75) is 31.6 Å². The maximum Gasteiger partial charge on any atom is 0.161 e. The van der Waals surface area contributed by atoms with Crippen LogP contribution in [0.1, 0.15) is 36.5 Å². The van der Waals surface area contributed by atoms with Crippen LogP contribution < -0.4 is 9.47 Å². The average Bonchev–Trinajstić information content (AvgIpc) is 3.21. The molecule has 0 spiro atoms. The van der Waals surface area contributed by atoms with Gasteiger partial charge >= 0.3 is 0 Å². The summed E-state index contributed by atoms with van der Waals surface area (Å²) in [6.45, 7) is 3.47. The van der Waals surface area contributed by atoms with E-state index in [4.69, 9.17) is 14.0 Å². The van der Waals surface area contributed by atoms with Crippen LogP contribution >= 0.6 is 0 Å². The number of fused-ring (bicyclic) bond motifs is 1. The third-order valence-electron chi connectivity index (χ3n) is 5.85. The zero-order valence-corrected chi connectivity index (χ0v) is 17.7. The molecule has 2 heterocycles. The predicted octanol–water partition coefficient (Wildman–Crippen LogP) is 4.37. The van der Waals surface area contributed by atoms with Crippen molar-refractivity contribution in [1.29, 1.82) is 0 Å². The van der Waals surface area contributed by atoms with E-state index < -0.39 is 0 Å². The zero-order valence-electron chi connectivity index (χ0n) is 17.7. The van der Waals surface area contributed by atoms with Gasteiger partial charge in [0.25, 0.3) is 0 Å². The SMILES string of the molecule is COc1cc(CC=O)ccc1OCCCN1CCC(c2onc3ccc(F)cc23)CC1. The van der Waals surface area contributed by atoms with Crippen molar-refractivity contribution in [3.63, 3.8) is 0 Å². The first-order valence-electron chi connectivity index (χ1n) is 10.7. The number of aldehydes is 1. The Kier molecular flexibility index (Phi) is 6.82. The van der Waals surface area contributed by atoms with E-state index in [0.29, 0.717) is 30.0 Å². The molecule has 1 aliphatic heterocycles. The van der Waals surface area contributed by atoms with Crippen molar-refractivity contribution >= 4 is 17.2 Å². The standard InChI is InChI=1S/C24H27FN2O4/c1-29-23-15-17(9-13-28)3-6-22(23)30-14-2-10-27-11-7-18(8-12-27)24-20-16-19(25)4-5-21(20)26-31-24/h3-6,13,15-16,18H,2,7-12,14H2,1H3. The summed E-state index contributed by atoms with van der Waals surface area (Å²) in [6, 6.07) is 10.2. The number of halogens is 1. The minimum Gasteiger partial charge on any atom is -0.493 e. The van der Waals surface area contributed by atoms with Gasteiger partial charge in [-0.3, -0.25) is 0 Å². The topological polar surface area (TPSA) is 64.8 Å². The van der Waals surface area contributed by atoms with Crippen LogP contribution in [0.2, 0.25) is 0 Å². The Hall–Kier alpha value is -2.93. The number of hydrogen-bond donors (Lipinski definition) is 0. The molecule has 0 amide bonds. The molecule has 4 rings (SSSR count). The van der Waals surface area contributed by atoms with E-state index in [1.54, 1.807) is 13.2 Å². The predicted molar refractivity (Wildman–Crippen MR) is 115 cm³/mol. The molecule has 164 valence electrons. The Bertz CT molecular complexity index is 1030. The molecule has 1 aliphatic rings. The first-order valence-corrected chi connectivity index (χ1v) is 10.7. The lowest BCUT2D eigenvalue weighted by molar-refractivity contribution is -0.107. The lowest BCUT2D eigenvalue weighted by atomic mass is 9.92. The number of ether oxygens (including phenoxy) is 2. The first-order chi connectivity index (χ1) is 15.2. The van der Waals surface area contributed by atoms with Gasteiger partial charge in [-0.1, -0.05) is 11.2 Å². The summed E-state index contributed by atoms with van der Waals surface area (Å²) in [7, 11) is 1.60. The van der Waals surface area contributed by atoms with E-state index in [-0.39, 0.29) is 11.7 Å². The summed E-state index contributed by atoms with van der Waals surface area (Å²) < 4.78 is 30.4. The third kappa shape index (κ3) is 5.05. The number of hydrogen-bond acceptors (Lipinski definition) is 6. The fourth-order valence-corrected chi connectivity index (χ4v) is 4.17. The molecule has 1 aromatic heterocycles. The summed E-state index contributed by atoms with van der Waals surface area (Å²) in [6.07, 6.45) is 4.08. The van der Waals surface area contributed by atoms with Crippen molar-refractivity contribution in [3.8, 4) is 11.5 Å². The minimum absolute atomic E-state index is 0.260. The molecule has 1 fully saturated rings. The number of nitrogens with zero attached hydrogens (tertiary/aromatic N) is 2. The Morgan fingerprint density at radius 3 is 2.81 bits per heavy atom. The normalized spacial score (nSPS) is 15.3. The quantitative estimate of drug-likeness (QED) is 0.374. The summed E-state index contributed by atoms with van der Waals surface area (Å²) in [5, 5.41) is 4.87. The van der Waals surface area contributed by atoms with Crippen LogP contribution in [0.15, 0.2) is 40.9 Å². The molecule has 0 N–H and O–H groups in total. The van der Waals surface area contributed by atoms with Crippen LogP contribution in [0.25, 0.3) is 10.9 Å². The fraction of sp³-hybridized carbons (Fsp3) is 0.417. The van der Waals surface area contributed by atoms with Crippen molar-refractivity contribution < 1.29 is 23.2 Å². The molecule has 0 saturated carbocycles. The Morgan fingerprint density at radius 1 is 1.19 bits per heavy atom. The Morgan fingerprint density at radius 2 is 2.03 bits per heavy atom. The van der Waals surface area contributed by atoms with E-state index in [2.05, 4.69) is 10.1 Å². The molecular weight excluding hydrogens is 399 g/mol. The average molecular weight is 426 g/mol. The van der Waals surface area contributed by atoms with Crippen LogP contribution in [-0.4, -0.2) is 49.7 Å². The number of carbonyl (C=O) groups excluding carboxylic acids is 1. The van der Waals surface area contributed by atoms with Crippen molar-refractivity contribution in [1.82, 2.24) is 10.1 Å². The highest BCUT2D eigenvalue weighted by atomic mass is 19.1. The van der Waals surface area contributed by atoms with Gasteiger partial charge in [0.2, 0.25) is 0 Å². The van der Waals surface area contributed by atoms with Gasteiger partial charge < -0.3 is 23.7 Å². The number of benzene rings is 2. The monoisotopic (exact) mass is 426 g/mol. The van der Waals surface area contributed by atoms with Gasteiger partial charge in [0, 0.05) is 24.3 Å². The molecule has 0 atom stereocenters. The lowest BCUT2D eigenvalue weighted by Gasteiger charge is -2.30. The molecule has 0 unspecified atom stereocenters. The van der Waals surface area contributed by atoms with Crippen molar-refractivity contribution in [3.05, 3.63) is 53.5 Å². The Balaban J connectivity index is 1.24. The van der Waals surface area contributed by atoms with E-state index in [1.807, 2.05) is 18.2 Å². The van der Waals surface area contributed by atoms with Crippen LogP contribution in [0.5, 0.6) is 11.5 Å². The number of methoxy groups -OCH3 is 1. The summed E-state index contributed by atoms with van der Waals surface area (Å²) >= 11 is 0. The first kappa shape index (κ1) is 21.3. The number of rotatable bonds is 9. The smallest absolute Gasteiger partial charge is 0.161 e. The van der Waals surface area contributed by atoms with Gasteiger partial charge in [0.05, 0.1) is 13.7 Å². The highest BCUT2D eigenvalue weighted by Crippen LogP contribution is 2.33. The van der Waals surface area contributed by atoms with E-state index in [0.717, 1.165) is 61.9 Å². The molecule has 0 radical (unpaired) electrons. The van der Waals surface area contributed by atoms with Crippen LogP contribution in [0.4, 0.5) is 4.39 Å². The van der Waals surface area contributed by atoms with Crippen LogP contribution in [-0.2, 0) is 11.2 Å². The number of likely N-dealkylation sites (tertiary alicyclic amines) is 1. The molecule has 31 heavy (non-hydrogen) atoms. The van der Waals surface area contributed by atoms with Gasteiger partial charge in [-0.25, -0.2) is 4.39 Å². The highest BCUT2D eigenvalue weighted by Gasteiger charge is 2.25.